The summed E-state index contributed by atoms with van der Waals surface area (Å²) in [6.07, 6.45) is 1.12. The molecule has 2 rings (SSSR count). The Morgan fingerprint density at radius 3 is 2.54 bits per heavy atom. The highest BCUT2D eigenvalue weighted by Gasteiger charge is 2.17. The number of methoxy groups -OCH3 is 1. The summed E-state index contributed by atoms with van der Waals surface area (Å²) in [4.78, 5) is 21.6. The molecule has 0 amide bonds. The fraction of sp³-hybridized carbons (Fsp3) is 0.167. The molecule has 26 heavy (non-hydrogen) atoms. The van der Waals surface area contributed by atoms with E-state index in [9.17, 15) is 20.0 Å². The minimum atomic E-state index is -1.20. The van der Waals surface area contributed by atoms with Gasteiger partial charge in [0.25, 0.3) is 5.70 Å². The average molecular weight is 358 g/mol. The molecule has 0 saturated carbocycles. The molecule has 0 aliphatic heterocycles. The summed E-state index contributed by atoms with van der Waals surface area (Å²) in [5.74, 6) is -0.637. The maximum Gasteiger partial charge on any atom is 0.337 e. The number of allylic oxidation sites excluding steroid dienone is 1. The molecule has 0 saturated heterocycles. The van der Waals surface area contributed by atoms with Crippen LogP contribution in [0, 0.1) is 10.1 Å². The molecule has 2 aromatic carbocycles. The summed E-state index contributed by atoms with van der Waals surface area (Å²) < 4.78 is 10.9. The Kier molecular flexibility index (Phi) is 6.15. The van der Waals surface area contributed by atoms with Crippen LogP contribution in [0.1, 0.15) is 22.8 Å². The van der Waals surface area contributed by atoms with E-state index in [2.05, 4.69) is 5.32 Å². The Balaban J connectivity index is 2.32. The predicted octanol–water partition coefficient (Wildman–Crippen LogP) is 3.52. The van der Waals surface area contributed by atoms with Crippen LogP contribution in [-0.4, -0.2) is 23.1 Å². The lowest BCUT2D eigenvalue weighted by molar-refractivity contribution is -0.424. The second-order valence-corrected chi connectivity index (χ2v) is 5.32. The van der Waals surface area contributed by atoms with Crippen molar-refractivity contribution >= 4 is 11.7 Å². The largest absolute Gasteiger partial charge is 0.493 e. The Bertz CT molecular complexity index is 833. The van der Waals surface area contributed by atoms with Gasteiger partial charge in [-0.1, -0.05) is 30.3 Å². The van der Waals surface area contributed by atoms with Gasteiger partial charge < -0.3 is 19.9 Å². The number of nitrogens with one attached hydrogen (secondary N) is 1. The fourth-order valence-electron chi connectivity index (χ4n) is 2.10. The highest BCUT2D eigenvalue weighted by molar-refractivity contribution is 5.95. The van der Waals surface area contributed by atoms with E-state index in [1.165, 1.54) is 26.2 Å². The zero-order valence-electron chi connectivity index (χ0n) is 14.3. The quantitative estimate of drug-likeness (QED) is 0.548. The molecule has 0 aliphatic carbocycles. The van der Waals surface area contributed by atoms with Crippen LogP contribution in [0.4, 0.5) is 5.69 Å². The Labute approximate surface area is 149 Å². The summed E-state index contributed by atoms with van der Waals surface area (Å²) in [6, 6.07) is 12.1. The monoisotopic (exact) mass is 358 g/mol. The number of anilines is 1. The van der Waals surface area contributed by atoms with Gasteiger partial charge in [-0.15, -0.1) is 0 Å². The molecule has 8 heteroatoms. The zero-order valence-corrected chi connectivity index (χ0v) is 14.3. The summed E-state index contributed by atoms with van der Waals surface area (Å²) in [5, 5.41) is 22.7. The van der Waals surface area contributed by atoms with Crippen LogP contribution in [0.25, 0.3) is 0 Å². The van der Waals surface area contributed by atoms with Gasteiger partial charge >= 0.3 is 5.97 Å². The Morgan fingerprint density at radius 1 is 1.27 bits per heavy atom. The number of carboxylic acids is 1. The smallest absolute Gasteiger partial charge is 0.337 e. The van der Waals surface area contributed by atoms with Crippen LogP contribution in [0.3, 0.4) is 0 Å². The summed E-state index contributed by atoms with van der Waals surface area (Å²) >= 11 is 0. The van der Waals surface area contributed by atoms with E-state index in [4.69, 9.17) is 9.47 Å². The third-order valence-corrected chi connectivity index (χ3v) is 3.50. The molecule has 0 atom stereocenters. The van der Waals surface area contributed by atoms with Crippen molar-refractivity contribution in [2.75, 3.05) is 12.4 Å². The minimum absolute atomic E-state index is 0.0961. The molecule has 0 spiro atoms. The van der Waals surface area contributed by atoms with E-state index in [1.807, 2.05) is 30.3 Å². The number of aromatic carboxylic acids is 1. The summed E-state index contributed by atoms with van der Waals surface area (Å²) in [7, 11) is 1.42. The van der Waals surface area contributed by atoms with Crippen LogP contribution < -0.4 is 14.8 Å². The number of hydrogen-bond acceptors (Lipinski definition) is 6. The number of nitro groups is 1. The lowest BCUT2D eigenvalue weighted by atomic mass is 10.1. The molecule has 136 valence electrons. The van der Waals surface area contributed by atoms with Crippen LogP contribution in [0.2, 0.25) is 0 Å². The van der Waals surface area contributed by atoms with Crippen LogP contribution in [0.15, 0.2) is 54.4 Å². The van der Waals surface area contributed by atoms with E-state index in [-0.39, 0.29) is 29.3 Å². The molecular formula is C18H18N2O6. The molecule has 0 heterocycles. The molecule has 0 unspecified atom stereocenters. The first-order valence-electron chi connectivity index (χ1n) is 7.62. The number of rotatable bonds is 8. The van der Waals surface area contributed by atoms with Crippen molar-refractivity contribution in [3.8, 4) is 11.5 Å². The maximum absolute atomic E-state index is 11.5. The number of hydrogen-bond donors (Lipinski definition) is 2. The van der Waals surface area contributed by atoms with Gasteiger partial charge in [0.05, 0.1) is 29.5 Å². The maximum atomic E-state index is 11.5. The van der Waals surface area contributed by atoms with Gasteiger partial charge in [-0.05, 0) is 5.56 Å². The molecule has 2 aromatic rings. The van der Waals surface area contributed by atoms with Crippen LogP contribution in [0.5, 0.6) is 11.5 Å². The molecule has 0 aliphatic rings. The van der Waals surface area contributed by atoms with Gasteiger partial charge in [0.15, 0.2) is 11.5 Å². The number of carboxylic acid groups (broad SMARTS) is 1. The molecule has 8 nitrogen and oxygen atoms in total. The number of ether oxygens (including phenoxy) is 2. The Hall–Kier alpha value is -3.55. The highest BCUT2D eigenvalue weighted by Crippen LogP contribution is 2.34. The van der Waals surface area contributed by atoms with E-state index >= 15 is 0 Å². The summed E-state index contributed by atoms with van der Waals surface area (Å²) in [5.41, 5.74) is 0.812. The second-order valence-electron chi connectivity index (χ2n) is 5.32. The van der Waals surface area contributed by atoms with Gasteiger partial charge in [0.2, 0.25) is 0 Å². The third kappa shape index (κ3) is 4.73. The predicted molar refractivity (Wildman–Crippen MR) is 95.1 cm³/mol. The van der Waals surface area contributed by atoms with E-state index < -0.39 is 10.9 Å². The molecule has 0 fully saturated rings. The molecule has 0 radical (unpaired) electrons. The van der Waals surface area contributed by atoms with E-state index in [1.54, 1.807) is 0 Å². The van der Waals surface area contributed by atoms with Gasteiger partial charge in [-0.25, -0.2) is 4.79 Å². The fourth-order valence-corrected chi connectivity index (χ4v) is 2.10. The first-order chi connectivity index (χ1) is 12.4. The number of carbonyl (C=O) groups is 1. The topological polar surface area (TPSA) is 111 Å². The van der Waals surface area contributed by atoms with Crippen molar-refractivity contribution in [3.63, 3.8) is 0 Å². The van der Waals surface area contributed by atoms with Gasteiger partial charge in [-0.2, -0.15) is 0 Å². The van der Waals surface area contributed by atoms with Crippen molar-refractivity contribution in [1.82, 2.24) is 0 Å². The highest BCUT2D eigenvalue weighted by atomic mass is 16.6. The number of nitrogens with zero attached hydrogens (tertiary/aromatic N) is 1. The van der Waals surface area contributed by atoms with Crippen molar-refractivity contribution in [2.45, 2.75) is 13.5 Å². The first kappa shape index (κ1) is 18.8. The summed E-state index contributed by atoms with van der Waals surface area (Å²) in [6.45, 7) is 1.53. The minimum Gasteiger partial charge on any atom is -0.493 e. The SMILES string of the molecule is COc1cc(NC=C(C)[N+](=O)[O-])c(C(=O)O)cc1OCc1ccccc1. The molecular weight excluding hydrogens is 340 g/mol. The van der Waals surface area contributed by atoms with Crippen LogP contribution in [-0.2, 0) is 6.61 Å². The van der Waals surface area contributed by atoms with E-state index in [0.29, 0.717) is 5.75 Å². The molecule has 0 bridgehead atoms. The van der Waals surface area contributed by atoms with Crippen molar-refractivity contribution < 1.29 is 24.3 Å². The van der Waals surface area contributed by atoms with Crippen molar-refractivity contribution in [1.29, 1.82) is 0 Å². The standard InChI is InChI=1S/C18H18N2O6/c1-12(20(23)24)10-19-15-9-16(25-2)17(8-14(15)18(21)22)26-11-13-6-4-3-5-7-13/h3-10,19H,11H2,1-2H3,(H,21,22). The Morgan fingerprint density at radius 2 is 1.96 bits per heavy atom. The molecule has 2 N–H and O–H groups in total. The van der Waals surface area contributed by atoms with Crippen molar-refractivity contribution in [2.24, 2.45) is 0 Å². The normalized spacial score (nSPS) is 10.9. The first-order valence-corrected chi connectivity index (χ1v) is 7.62. The van der Waals surface area contributed by atoms with Crippen LogP contribution >= 0.6 is 0 Å². The third-order valence-electron chi connectivity index (χ3n) is 3.50. The zero-order chi connectivity index (χ0) is 19.1. The molecule has 0 aromatic heterocycles. The average Bonchev–Trinajstić information content (AvgIpc) is 2.64. The second kappa shape index (κ2) is 8.52. The van der Waals surface area contributed by atoms with Crippen molar-refractivity contribution in [3.05, 3.63) is 75.6 Å². The van der Waals surface area contributed by atoms with Gasteiger partial charge in [0, 0.05) is 19.1 Å². The lowest BCUT2D eigenvalue weighted by Crippen LogP contribution is -2.06. The van der Waals surface area contributed by atoms with Gasteiger partial charge in [-0.3, -0.25) is 10.1 Å². The number of benzene rings is 2. The van der Waals surface area contributed by atoms with E-state index in [0.717, 1.165) is 11.8 Å². The lowest BCUT2D eigenvalue weighted by Gasteiger charge is -2.14. The van der Waals surface area contributed by atoms with Gasteiger partial charge in [0.1, 0.15) is 6.61 Å².